The Bertz CT molecular complexity index is 295. The highest BCUT2D eigenvalue weighted by molar-refractivity contribution is 7.98. The summed E-state index contributed by atoms with van der Waals surface area (Å²) in [5.74, 6) is 0.990. The fourth-order valence-corrected chi connectivity index (χ4v) is 2.30. The van der Waals surface area contributed by atoms with Crippen molar-refractivity contribution in [3.8, 4) is 0 Å². The maximum absolute atomic E-state index is 9.62. The first-order valence-electron chi connectivity index (χ1n) is 5.72. The molecule has 1 rings (SSSR count). The van der Waals surface area contributed by atoms with Crippen LogP contribution in [0.5, 0.6) is 0 Å². The Kier molecular flexibility index (Phi) is 7.28. The van der Waals surface area contributed by atoms with E-state index in [1.165, 1.54) is 5.56 Å². The lowest BCUT2D eigenvalue weighted by atomic mass is 10.1. The van der Waals surface area contributed by atoms with Crippen LogP contribution < -0.4 is 5.32 Å². The van der Waals surface area contributed by atoms with Crippen LogP contribution in [0.1, 0.15) is 11.6 Å². The maximum Gasteiger partial charge on any atom is 0.0897 e. The first kappa shape index (κ1) is 14.5. The number of hydrogen-bond donors (Lipinski definition) is 2. The minimum Gasteiger partial charge on any atom is -0.389 e. The Labute approximate surface area is 108 Å². The van der Waals surface area contributed by atoms with E-state index in [4.69, 9.17) is 4.74 Å². The average molecular weight is 255 g/mol. The molecule has 0 amide bonds. The minimum absolute atomic E-state index is 0.276. The molecule has 0 aliphatic rings. The Morgan fingerprint density at radius 2 is 2.06 bits per heavy atom. The topological polar surface area (TPSA) is 41.5 Å². The summed E-state index contributed by atoms with van der Waals surface area (Å²) in [6.45, 7) is 0.918. The standard InChI is InChI=1S/C13H21NO2S/c1-16-9-12(15)8-14-13(10-17-2)11-6-4-3-5-7-11/h3-7,12-15H,8-10H2,1-2H3. The molecule has 3 nitrogen and oxygen atoms in total. The van der Waals surface area contributed by atoms with Crippen LogP contribution in [0.4, 0.5) is 0 Å². The van der Waals surface area contributed by atoms with Crippen molar-refractivity contribution in [1.29, 1.82) is 0 Å². The summed E-state index contributed by atoms with van der Waals surface area (Å²) < 4.78 is 4.91. The Balaban J connectivity index is 2.49. The number of ether oxygens (including phenoxy) is 1. The van der Waals surface area contributed by atoms with Gasteiger partial charge in [-0.1, -0.05) is 30.3 Å². The van der Waals surface area contributed by atoms with Gasteiger partial charge in [0.2, 0.25) is 0 Å². The average Bonchev–Trinajstić information content (AvgIpc) is 2.36. The predicted octanol–water partition coefficient (Wildman–Crippen LogP) is 1.69. The monoisotopic (exact) mass is 255 g/mol. The normalized spacial score (nSPS) is 14.5. The van der Waals surface area contributed by atoms with Gasteiger partial charge in [-0.3, -0.25) is 0 Å². The lowest BCUT2D eigenvalue weighted by molar-refractivity contribution is 0.0631. The van der Waals surface area contributed by atoms with E-state index in [0.717, 1.165) is 5.75 Å². The third-order valence-electron chi connectivity index (χ3n) is 2.49. The molecule has 1 aromatic carbocycles. The van der Waals surface area contributed by atoms with Crippen LogP contribution in [0.2, 0.25) is 0 Å². The second-order valence-electron chi connectivity index (χ2n) is 3.94. The van der Waals surface area contributed by atoms with Crippen molar-refractivity contribution in [2.24, 2.45) is 0 Å². The zero-order valence-corrected chi connectivity index (χ0v) is 11.2. The molecule has 2 unspecified atom stereocenters. The summed E-state index contributed by atoms with van der Waals surface area (Å²) in [4.78, 5) is 0. The van der Waals surface area contributed by atoms with Crippen LogP contribution in [0.3, 0.4) is 0 Å². The molecule has 0 aliphatic heterocycles. The van der Waals surface area contributed by atoms with Crippen molar-refractivity contribution in [3.05, 3.63) is 35.9 Å². The second-order valence-corrected chi connectivity index (χ2v) is 4.85. The van der Waals surface area contributed by atoms with E-state index in [2.05, 4.69) is 23.7 Å². The van der Waals surface area contributed by atoms with Gasteiger partial charge in [-0.2, -0.15) is 11.8 Å². The third-order valence-corrected chi connectivity index (χ3v) is 3.16. The molecule has 2 N–H and O–H groups in total. The maximum atomic E-state index is 9.62. The van der Waals surface area contributed by atoms with Crippen molar-refractivity contribution in [1.82, 2.24) is 5.32 Å². The first-order chi connectivity index (χ1) is 8.27. The largest absolute Gasteiger partial charge is 0.389 e. The molecule has 0 saturated heterocycles. The summed E-state index contributed by atoms with van der Waals surface area (Å²) in [5.41, 5.74) is 1.26. The quantitative estimate of drug-likeness (QED) is 0.742. The lowest BCUT2D eigenvalue weighted by Crippen LogP contribution is -2.33. The molecule has 0 spiro atoms. The predicted molar refractivity (Wildman–Crippen MR) is 73.5 cm³/mol. The first-order valence-corrected chi connectivity index (χ1v) is 7.11. The van der Waals surface area contributed by atoms with E-state index in [0.29, 0.717) is 13.2 Å². The molecule has 0 fully saturated rings. The van der Waals surface area contributed by atoms with Crippen LogP contribution in [0, 0.1) is 0 Å². The minimum atomic E-state index is -0.451. The summed E-state index contributed by atoms with van der Waals surface area (Å²) >= 11 is 1.79. The van der Waals surface area contributed by atoms with E-state index in [1.807, 2.05) is 18.2 Å². The highest BCUT2D eigenvalue weighted by atomic mass is 32.2. The van der Waals surface area contributed by atoms with Gasteiger partial charge in [0, 0.05) is 25.4 Å². The molecule has 0 bridgehead atoms. The molecule has 0 heterocycles. The van der Waals surface area contributed by atoms with Gasteiger partial charge in [-0.25, -0.2) is 0 Å². The van der Waals surface area contributed by atoms with Gasteiger partial charge >= 0.3 is 0 Å². The number of nitrogens with one attached hydrogen (secondary N) is 1. The van der Waals surface area contributed by atoms with Gasteiger partial charge in [-0.15, -0.1) is 0 Å². The second kappa shape index (κ2) is 8.53. The molecule has 4 heteroatoms. The van der Waals surface area contributed by atoms with Crippen molar-refractivity contribution in [2.45, 2.75) is 12.1 Å². The SMILES string of the molecule is COCC(O)CNC(CSC)c1ccccc1. The highest BCUT2D eigenvalue weighted by Crippen LogP contribution is 2.16. The molecule has 0 aliphatic carbocycles. The Hall–Kier alpha value is -0.550. The highest BCUT2D eigenvalue weighted by Gasteiger charge is 2.12. The van der Waals surface area contributed by atoms with E-state index >= 15 is 0 Å². The zero-order chi connectivity index (χ0) is 12.5. The fraction of sp³-hybridized carbons (Fsp3) is 0.538. The molecule has 0 radical (unpaired) electrons. The van der Waals surface area contributed by atoms with Gasteiger partial charge < -0.3 is 15.2 Å². The molecule has 0 aromatic heterocycles. The zero-order valence-electron chi connectivity index (χ0n) is 10.4. The molecule has 2 atom stereocenters. The number of aliphatic hydroxyl groups excluding tert-OH is 1. The van der Waals surface area contributed by atoms with E-state index in [-0.39, 0.29) is 6.04 Å². The van der Waals surface area contributed by atoms with Crippen LogP contribution in [0.25, 0.3) is 0 Å². The summed E-state index contributed by atoms with van der Waals surface area (Å²) in [5, 5.41) is 13.0. The molecule has 0 saturated carbocycles. The van der Waals surface area contributed by atoms with Crippen molar-refractivity contribution in [3.63, 3.8) is 0 Å². The fourth-order valence-electron chi connectivity index (χ4n) is 1.65. The van der Waals surface area contributed by atoms with Gasteiger partial charge in [0.05, 0.1) is 12.7 Å². The van der Waals surface area contributed by atoms with Crippen LogP contribution >= 0.6 is 11.8 Å². The number of benzene rings is 1. The van der Waals surface area contributed by atoms with E-state index in [1.54, 1.807) is 18.9 Å². The summed E-state index contributed by atoms with van der Waals surface area (Å²) in [7, 11) is 1.60. The van der Waals surface area contributed by atoms with Gasteiger partial charge in [0.25, 0.3) is 0 Å². The molecule has 17 heavy (non-hydrogen) atoms. The van der Waals surface area contributed by atoms with Gasteiger partial charge in [0.15, 0.2) is 0 Å². The van der Waals surface area contributed by atoms with Crippen molar-refractivity contribution in [2.75, 3.05) is 32.3 Å². The molecule has 1 aromatic rings. The third kappa shape index (κ3) is 5.55. The summed E-state index contributed by atoms with van der Waals surface area (Å²) in [6, 6.07) is 10.6. The molecular formula is C13H21NO2S. The van der Waals surface area contributed by atoms with Gasteiger partial charge in [0.1, 0.15) is 0 Å². The molecular weight excluding hydrogens is 234 g/mol. The number of thioether (sulfide) groups is 1. The summed E-state index contributed by atoms with van der Waals surface area (Å²) in [6.07, 6.45) is 1.64. The van der Waals surface area contributed by atoms with Crippen molar-refractivity contribution < 1.29 is 9.84 Å². The Morgan fingerprint density at radius 1 is 1.35 bits per heavy atom. The van der Waals surface area contributed by atoms with E-state index in [9.17, 15) is 5.11 Å². The van der Waals surface area contributed by atoms with Crippen LogP contribution in [-0.4, -0.2) is 43.5 Å². The van der Waals surface area contributed by atoms with Gasteiger partial charge in [-0.05, 0) is 11.8 Å². The van der Waals surface area contributed by atoms with Crippen LogP contribution in [-0.2, 0) is 4.74 Å². The number of aliphatic hydroxyl groups is 1. The molecule has 96 valence electrons. The lowest BCUT2D eigenvalue weighted by Gasteiger charge is -2.20. The van der Waals surface area contributed by atoms with Crippen molar-refractivity contribution >= 4 is 11.8 Å². The number of hydrogen-bond acceptors (Lipinski definition) is 4. The Morgan fingerprint density at radius 3 is 2.65 bits per heavy atom. The smallest absolute Gasteiger partial charge is 0.0897 e. The number of rotatable bonds is 8. The van der Waals surface area contributed by atoms with Crippen LogP contribution in [0.15, 0.2) is 30.3 Å². The number of methoxy groups -OCH3 is 1. The van der Waals surface area contributed by atoms with E-state index < -0.39 is 6.10 Å².